The number of aliphatic carboxylic acids is 1. The molecule has 1 unspecified atom stereocenters. The van der Waals surface area contributed by atoms with E-state index in [-0.39, 0.29) is 13.0 Å². The van der Waals surface area contributed by atoms with Crippen LogP contribution in [0.4, 0.5) is 13.2 Å². The van der Waals surface area contributed by atoms with Crippen molar-refractivity contribution in [2.75, 3.05) is 26.6 Å². The minimum atomic E-state index is -1.90. The van der Waals surface area contributed by atoms with Gasteiger partial charge < -0.3 is 10.2 Å². The van der Waals surface area contributed by atoms with Gasteiger partial charge in [-0.1, -0.05) is 47.5 Å². The number of carboxylic acid groups (broad SMARTS) is 1. The van der Waals surface area contributed by atoms with Gasteiger partial charge in [-0.05, 0) is 24.2 Å². The van der Waals surface area contributed by atoms with Crippen molar-refractivity contribution in [2.45, 2.75) is 71.9 Å². The molecule has 3 N–H and O–H groups in total. The predicted molar refractivity (Wildman–Crippen MR) is 97.5 cm³/mol. The summed E-state index contributed by atoms with van der Waals surface area (Å²) in [6.07, 6.45) is 1.90. The van der Waals surface area contributed by atoms with Crippen LogP contribution in [-0.2, 0) is 4.79 Å². The Morgan fingerprint density at radius 3 is 1.81 bits per heavy atom. The molecule has 26 heavy (non-hydrogen) atoms. The van der Waals surface area contributed by atoms with Crippen molar-refractivity contribution in [1.82, 2.24) is 5.32 Å². The average molecular weight is 383 g/mol. The largest absolute Gasteiger partial charge is 0.480 e. The lowest BCUT2D eigenvalue weighted by Gasteiger charge is -2.50. The second kappa shape index (κ2) is 10.5. The zero-order valence-corrected chi connectivity index (χ0v) is 16.7. The van der Waals surface area contributed by atoms with Crippen LogP contribution in [0.25, 0.3) is 0 Å². The number of halogens is 3. The molecule has 0 aliphatic heterocycles. The number of unbranched alkanes of at least 4 members (excludes halogenated alkanes) is 2. The first kappa shape index (κ1) is 25.2. The summed E-state index contributed by atoms with van der Waals surface area (Å²) in [6.45, 7) is 5.08. The van der Waals surface area contributed by atoms with Crippen molar-refractivity contribution in [3.63, 3.8) is 0 Å². The minimum Gasteiger partial charge on any atom is -0.480 e. The monoisotopic (exact) mass is 383 g/mol. The van der Waals surface area contributed by atoms with E-state index in [1.807, 2.05) is 0 Å². The summed E-state index contributed by atoms with van der Waals surface area (Å²) in [6, 6.07) is -0.973. The van der Waals surface area contributed by atoms with E-state index < -0.39 is 54.3 Å². The molecule has 2 atom stereocenters. The molecule has 0 radical (unpaired) electrons. The van der Waals surface area contributed by atoms with Gasteiger partial charge >= 0.3 is 5.97 Å². The fraction of sp³-hybridized carbons (Fsp3) is 0.947. The summed E-state index contributed by atoms with van der Waals surface area (Å²) in [4.78, 5) is 12.2. The maximum absolute atomic E-state index is 13.7. The Morgan fingerprint density at radius 2 is 1.50 bits per heavy atom. The standard InChI is InChI=1S/C19H36F3NO3/c1-14(2)19(16(25)26,17(3,4)5)23-15(9-7-6-8-10-24)18(11-20,12-21)13-22/h14-15,23-24H,6-13H2,1-5H3,(H,25,26)/t15?,19-/m1/s1. The second-order valence-corrected chi connectivity index (χ2v) is 8.55. The summed E-state index contributed by atoms with van der Waals surface area (Å²) < 4.78 is 41.1. The lowest BCUT2D eigenvalue weighted by Crippen LogP contribution is -2.69. The third kappa shape index (κ3) is 5.35. The summed E-state index contributed by atoms with van der Waals surface area (Å²) in [5, 5.41) is 21.9. The molecule has 0 aliphatic carbocycles. The van der Waals surface area contributed by atoms with Gasteiger partial charge in [0.1, 0.15) is 25.6 Å². The van der Waals surface area contributed by atoms with Gasteiger partial charge in [0.15, 0.2) is 0 Å². The van der Waals surface area contributed by atoms with Crippen molar-refractivity contribution in [1.29, 1.82) is 0 Å². The smallest absolute Gasteiger partial charge is 0.324 e. The molecule has 0 aromatic carbocycles. The molecule has 0 fully saturated rings. The number of hydrogen-bond acceptors (Lipinski definition) is 3. The van der Waals surface area contributed by atoms with Crippen LogP contribution >= 0.6 is 0 Å². The number of rotatable bonds is 13. The lowest BCUT2D eigenvalue weighted by atomic mass is 9.65. The van der Waals surface area contributed by atoms with E-state index in [1.54, 1.807) is 34.6 Å². The number of hydrogen-bond donors (Lipinski definition) is 3. The van der Waals surface area contributed by atoms with Crippen molar-refractivity contribution in [3.05, 3.63) is 0 Å². The average Bonchev–Trinajstić information content (AvgIpc) is 2.55. The van der Waals surface area contributed by atoms with Gasteiger partial charge in [-0.2, -0.15) is 0 Å². The van der Waals surface area contributed by atoms with E-state index >= 15 is 0 Å². The highest BCUT2D eigenvalue weighted by Crippen LogP contribution is 2.40. The summed E-state index contributed by atoms with van der Waals surface area (Å²) in [7, 11) is 0. The van der Waals surface area contributed by atoms with Crippen LogP contribution in [-0.4, -0.2) is 54.4 Å². The third-order valence-electron chi connectivity index (χ3n) is 5.48. The molecule has 7 heteroatoms. The number of carboxylic acids is 1. The Kier molecular flexibility index (Phi) is 10.2. The van der Waals surface area contributed by atoms with Gasteiger partial charge in [0.2, 0.25) is 0 Å². The Bertz CT molecular complexity index is 414. The minimum absolute atomic E-state index is 0.00558. The van der Waals surface area contributed by atoms with E-state index in [1.165, 1.54) is 0 Å². The first-order valence-corrected chi connectivity index (χ1v) is 9.29. The van der Waals surface area contributed by atoms with Gasteiger partial charge in [0, 0.05) is 12.6 Å². The summed E-state index contributed by atoms with van der Waals surface area (Å²) in [5.41, 5.74) is -4.15. The Hall–Kier alpha value is -0.820. The van der Waals surface area contributed by atoms with Gasteiger partial charge in [-0.3, -0.25) is 23.3 Å². The lowest BCUT2D eigenvalue weighted by molar-refractivity contribution is -0.155. The highest BCUT2D eigenvalue weighted by atomic mass is 19.1. The van der Waals surface area contributed by atoms with Crippen LogP contribution in [0.3, 0.4) is 0 Å². The van der Waals surface area contributed by atoms with Crippen molar-refractivity contribution < 1.29 is 28.2 Å². The first-order valence-electron chi connectivity index (χ1n) is 9.29. The van der Waals surface area contributed by atoms with Crippen LogP contribution in [0.2, 0.25) is 0 Å². The molecule has 0 amide bonds. The maximum atomic E-state index is 13.7. The van der Waals surface area contributed by atoms with E-state index in [2.05, 4.69) is 5.32 Å². The topological polar surface area (TPSA) is 69.6 Å². The van der Waals surface area contributed by atoms with Crippen molar-refractivity contribution in [2.24, 2.45) is 16.7 Å². The molecule has 0 saturated heterocycles. The highest BCUT2D eigenvalue weighted by molar-refractivity contribution is 5.80. The molecular weight excluding hydrogens is 347 g/mol. The zero-order valence-electron chi connectivity index (χ0n) is 16.7. The number of carbonyl (C=O) groups is 1. The van der Waals surface area contributed by atoms with Crippen LogP contribution < -0.4 is 5.32 Å². The number of aliphatic hydroxyl groups is 1. The molecule has 0 rings (SSSR count). The molecule has 4 nitrogen and oxygen atoms in total. The van der Waals surface area contributed by atoms with E-state index in [0.29, 0.717) is 19.3 Å². The zero-order chi connectivity index (χ0) is 20.6. The van der Waals surface area contributed by atoms with E-state index in [0.717, 1.165) is 0 Å². The Balaban J connectivity index is 5.95. The van der Waals surface area contributed by atoms with Crippen LogP contribution in [0.5, 0.6) is 0 Å². The molecule has 0 saturated carbocycles. The number of aliphatic hydroxyl groups excluding tert-OH is 1. The van der Waals surface area contributed by atoms with Gasteiger partial charge in [0.05, 0.1) is 5.41 Å². The van der Waals surface area contributed by atoms with Crippen molar-refractivity contribution in [3.8, 4) is 0 Å². The summed E-state index contributed by atoms with van der Waals surface area (Å²) >= 11 is 0. The quantitative estimate of drug-likeness (QED) is 0.422. The Morgan fingerprint density at radius 1 is 1.00 bits per heavy atom. The molecule has 0 aromatic rings. The van der Waals surface area contributed by atoms with Gasteiger partial charge in [0.25, 0.3) is 0 Å². The third-order valence-corrected chi connectivity index (χ3v) is 5.48. The van der Waals surface area contributed by atoms with Crippen molar-refractivity contribution >= 4 is 5.97 Å². The molecule has 0 heterocycles. The fourth-order valence-electron chi connectivity index (χ4n) is 3.71. The van der Waals surface area contributed by atoms with Gasteiger partial charge in [-0.25, -0.2) is 0 Å². The molecule has 0 aliphatic rings. The fourth-order valence-corrected chi connectivity index (χ4v) is 3.71. The predicted octanol–water partition coefficient (Wildman–Crippen LogP) is 3.92. The molecule has 0 bridgehead atoms. The SMILES string of the molecule is CC(C)[C@@](NC(CCCCCO)C(CF)(CF)CF)(C(=O)O)C(C)(C)C. The van der Waals surface area contributed by atoms with E-state index in [9.17, 15) is 23.1 Å². The normalized spacial score (nSPS) is 16.5. The highest BCUT2D eigenvalue weighted by Gasteiger charge is 2.54. The molecule has 156 valence electrons. The molecular formula is C19H36F3NO3. The van der Waals surface area contributed by atoms with Crippen LogP contribution in [0.15, 0.2) is 0 Å². The first-order chi connectivity index (χ1) is 12.0. The second-order valence-electron chi connectivity index (χ2n) is 8.55. The number of alkyl halides is 3. The maximum Gasteiger partial charge on any atom is 0.324 e. The van der Waals surface area contributed by atoms with E-state index in [4.69, 9.17) is 5.11 Å². The Labute approximate surface area is 155 Å². The summed E-state index contributed by atoms with van der Waals surface area (Å²) in [5.74, 6) is -1.51. The molecule has 0 aromatic heterocycles. The van der Waals surface area contributed by atoms with Crippen LogP contribution in [0, 0.1) is 16.7 Å². The van der Waals surface area contributed by atoms with Crippen LogP contribution in [0.1, 0.15) is 60.3 Å². The van der Waals surface area contributed by atoms with Gasteiger partial charge in [-0.15, -0.1) is 0 Å². The number of nitrogens with one attached hydrogen (secondary N) is 1. The molecule has 0 spiro atoms.